The average Bonchev–Trinajstić information content (AvgIpc) is 3.32. The van der Waals surface area contributed by atoms with E-state index in [2.05, 4.69) is 15.5 Å². The number of likely N-dealkylation sites (tertiary alicyclic amines) is 1. The first-order chi connectivity index (χ1) is 15.8. The number of halogens is 1. The first-order valence-corrected chi connectivity index (χ1v) is 11.0. The van der Waals surface area contributed by atoms with E-state index in [1.54, 1.807) is 17.0 Å². The molecule has 0 radical (unpaired) electrons. The van der Waals surface area contributed by atoms with Gasteiger partial charge < -0.3 is 14.4 Å². The lowest BCUT2D eigenvalue weighted by atomic mass is 10.0. The molecule has 1 aliphatic heterocycles. The number of hydrogen-bond donors (Lipinski definition) is 0. The number of amides is 1. The van der Waals surface area contributed by atoms with E-state index in [0.717, 1.165) is 24.0 Å². The highest BCUT2D eigenvalue weighted by molar-refractivity contribution is 5.68. The molecule has 2 aromatic carbocycles. The second kappa shape index (κ2) is 9.66. The van der Waals surface area contributed by atoms with E-state index in [1.807, 2.05) is 45.0 Å². The van der Waals surface area contributed by atoms with Gasteiger partial charge in [0.1, 0.15) is 17.7 Å². The Hall–Kier alpha value is -3.33. The lowest BCUT2D eigenvalue weighted by Gasteiger charge is -2.33. The quantitative estimate of drug-likeness (QED) is 0.570. The smallest absolute Gasteiger partial charge is 0.410 e. The van der Waals surface area contributed by atoms with E-state index in [9.17, 15) is 9.18 Å². The summed E-state index contributed by atoms with van der Waals surface area (Å²) in [6.07, 6.45) is 2.80. The van der Waals surface area contributed by atoms with Crippen molar-refractivity contribution in [2.75, 3.05) is 13.1 Å². The van der Waals surface area contributed by atoms with Crippen molar-refractivity contribution in [2.24, 2.45) is 0 Å². The Bertz CT molecular complexity index is 1070. The molecule has 2 heterocycles. The summed E-state index contributed by atoms with van der Waals surface area (Å²) in [6, 6.07) is 12.6. The average molecular weight is 454 g/mol. The minimum Gasteiger partial charge on any atom is -0.444 e. The van der Waals surface area contributed by atoms with Gasteiger partial charge in [0.15, 0.2) is 0 Å². The van der Waals surface area contributed by atoms with Crippen LogP contribution in [0.1, 0.15) is 39.2 Å². The molecule has 0 bridgehead atoms. The van der Waals surface area contributed by atoms with Crippen LogP contribution < -0.4 is 0 Å². The summed E-state index contributed by atoms with van der Waals surface area (Å²) in [6.45, 7) is 7.32. The van der Waals surface area contributed by atoms with Crippen LogP contribution in [0, 0.1) is 5.82 Å². The van der Waals surface area contributed by atoms with Crippen LogP contribution in [0.3, 0.4) is 0 Å². The molecule has 1 aromatic heterocycles. The number of nitrogens with zero attached hydrogens (tertiary/aromatic N) is 5. The molecule has 0 spiro atoms. The van der Waals surface area contributed by atoms with Gasteiger partial charge in [-0.2, -0.15) is 0 Å². The van der Waals surface area contributed by atoms with Crippen LogP contribution >= 0.6 is 0 Å². The minimum atomic E-state index is -0.490. The van der Waals surface area contributed by atoms with Crippen LogP contribution in [0.5, 0.6) is 0 Å². The third-order valence-corrected chi connectivity index (χ3v) is 5.41. The van der Waals surface area contributed by atoms with Gasteiger partial charge in [-0.15, -0.1) is 5.10 Å². The van der Waals surface area contributed by atoms with Crippen LogP contribution in [-0.4, -0.2) is 56.0 Å². The Labute approximate surface area is 192 Å². The Morgan fingerprint density at radius 1 is 1.12 bits per heavy atom. The molecular formula is C24H28FN5O3. The van der Waals surface area contributed by atoms with Crippen molar-refractivity contribution in [3.05, 3.63) is 60.2 Å². The van der Waals surface area contributed by atoms with E-state index in [1.165, 1.54) is 17.1 Å². The molecule has 1 saturated heterocycles. The monoisotopic (exact) mass is 453 g/mol. The molecule has 1 amide bonds. The number of carbonyl (C=O) groups excluding carboxylic acids is 1. The van der Waals surface area contributed by atoms with Gasteiger partial charge in [0.2, 0.25) is 0 Å². The van der Waals surface area contributed by atoms with Gasteiger partial charge in [-0.05, 0) is 67.3 Å². The van der Waals surface area contributed by atoms with E-state index >= 15 is 0 Å². The van der Waals surface area contributed by atoms with Gasteiger partial charge in [0.25, 0.3) is 0 Å². The van der Waals surface area contributed by atoms with Crippen LogP contribution in [0.15, 0.2) is 48.8 Å². The van der Waals surface area contributed by atoms with E-state index in [0.29, 0.717) is 30.9 Å². The maximum absolute atomic E-state index is 14.7. The summed E-state index contributed by atoms with van der Waals surface area (Å²) in [4.78, 5) is 13.9. The number of piperidine rings is 1. The van der Waals surface area contributed by atoms with Gasteiger partial charge in [-0.25, -0.2) is 13.9 Å². The standard InChI is InChI=1S/C24H28FN5O3/c1-24(2,3)33-23(31)29-12-10-20(11-13-29)32-15-17-4-6-18(7-5-17)21-9-8-19(14-22(21)25)30-16-26-27-28-30/h4-9,14,16,20H,10-13,15H2,1-3H3. The van der Waals surface area contributed by atoms with Gasteiger partial charge in [0, 0.05) is 24.7 Å². The normalized spacial score (nSPS) is 15.0. The summed E-state index contributed by atoms with van der Waals surface area (Å²) < 4.78 is 27.5. The second-order valence-electron chi connectivity index (χ2n) is 9.09. The first kappa shape index (κ1) is 22.8. The van der Waals surface area contributed by atoms with Crippen molar-refractivity contribution in [3.8, 4) is 16.8 Å². The lowest BCUT2D eigenvalue weighted by Crippen LogP contribution is -2.43. The summed E-state index contributed by atoms with van der Waals surface area (Å²) in [5, 5.41) is 10.9. The molecular weight excluding hydrogens is 425 g/mol. The number of aromatic nitrogens is 4. The third kappa shape index (κ3) is 5.92. The molecule has 1 fully saturated rings. The van der Waals surface area contributed by atoms with E-state index in [-0.39, 0.29) is 18.0 Å². The summed E-state index contributed by atoms with van der Waals surface area (Å²) in [5.41, 5.74) is 2.37. The van der Waals surface area contributed by atoms with Gasteiger partial charge in [-0.3, -0.25) is 0 Å². The van der Waals surface area contributed by atoms with Crippen LogP contribution in [-0.2, 0) is 16.1 Å². The van der Waals surface area contributed by atoms with E-state index in [4.69, 9.17) is 9.47 Å². The number of benzene rings is 2. The number of hydrogen-bond acceptors (Lipinski definition) is 6. The summed E-state index contributed by atoms with van der Waals surface area (Å²) in [5.74, 6) is -0.344. The van der Waals surface area contributed by atoms with Crippen molar-refractivity contribution < 1.29 is 18.7 Å². The molecule has 33 heavy (non-hydrogen) atoms. The maximum Gasteiger partial charge on any atom is 0.410 e. The Morgan fingerprint density at radius 2 is 1.85 bits per heavy atom. The molecule has 4 rings (SSSR count). The Kier molecular flexibility index (Phi) is 6.69. The fraction of sp³-hybridized carbons (Fsp3) is 0.417. The molecule has 1 aliphatic rings. The number of ether oxygens (including phenoxy) is 2. The Balaban J connectivity index is 1.29. The fourth-order valence-corrected chi connectivity index (χ4v) is 3.69. The molecule has 3 aromatic rings. The first-order valence-electron chi connectivity index (χ1n) is 11.0. The van der Waals surface area contributed by atoms with Crippen LogP contribution in [0.25, 0.3) is 16.8 Å². The predicted molar refractivity (Wildman–Crippen MR) is 120 cm³/mol. The second-order valence-corrected chi connectivity index (χ2v) is 9.09. The number of tetrazole rings is 1. The van der Waals surface area contributed by atoms with E-state index < -0.39 is 5.60 Å². The van der Waals surface area contributed by atoms with Crippen LogP contribution in [0.4, 0.5) is 9.18 Å². The van der Waals surface area contributed by atoms with Gasteiger partial charge in [-0.1, -0.05) is 24.3 Å². The van der Waals surface area contributed by atoms with Crippen molar-refractivity contribution in [1.29, 1.82) is 0 Å². The molecule has 0 atom stereocenters. The Morgan fingerprint density at radius 3 is 2.45 bits per heavy atom. The molecule has 0 N–H and O–H groups in total. The highest BCUT2D eigenvalue weighted by atomic mass is 19.1. The minimum absolute atomic E-state index is 0.0969. The zero-order chi connectivity index (χ0) is 23.4. The van der Waals surface area contributed by atoms with Crippen molar-refractivity contribution >= 4 is 6.09 Å². The lowest BCUT2D eigenvalue weighted by molar-refractivity contribution is -0.0170. The largest absolute Gasteiger partial charge is 0.444 e. The fourth-order valence-electron chi connectivity index (χ4n) is 3.69. The topological polar surface area (TPSA) is 82.4 Å². The number of carbonyl (C=O) groups is 1. The summed E-state index contributed by atoms with van der Waals surface area (Å²) in [7, 11) is 0. The molecule has 0 aliphatic carbocycles. The highest BCUT2D eigenvalue weighted by Gasteiger charge is 2.27. The van der Waals surface area contributed by atoms with Gasteiger partial charge in [0.05, 0.1) is 18.4 Å². The number of rotatable bonds is 5. The van der Waals surface area contributed by atoms with Gasteiger partial charge >= 0.3 is 6.09 Å². The summed E-state index contributed by atoms with van der Waals surface area (Å²) >= 11 is 0. The van der Waals surface area contributed by atoms with Crippen molar-refractivity contribution in [3.63, 3.8) is 0 Å². The van der Waals surface area contributed by atoms with Crippen LogP contribution in [0.2, 0.25) is 0 Å². The zero-order valence-corrected chi connectivity index (χ0v) is 19.1. The highest BCUT2D eigenvalue weighted by Crippen LogP contribution is 2.26. The third-order valence-electron chi connectivity index (χ3n) is 5.41. The maximum atomic E-state index is 14.7. The van der Waals surface area contributed by atoms with Crippen molar-refractivity contribution in [1.82, 2.24) is 25.1 Å². The van der Waals surface area contributed by atoms with Crippen molar-refractivity contribution in [2.45, 2.75) is 51.9 Å². The molecule has 9 heteroatoms. The SMILES string of the molecule is CC(C)(C)OC(=O)N1CCC(OCc2ccc(-c3ccc(-n4cnnn4)cc3F)cc2)CC1. The molecule has 0 saturated carbocycles. The molecule has 8 nitrogen and oxygen atoms in total. The predicted octanol–water partition coefficient (Wildman–Crippen LogP) is 4.38. The molecule has 174 valence electrons. The molecule has 0 unspecified atom stereocenters. The zero-order valence-electron chi connectivity index (χ0n) is 19.1.